The number of carbonyl (C=O) groups is 2. The molecule has 0 bridgehead atoms. The molecule has 336 valence electrons. The molecule has 2 aliphatic rings. The number of hydrogen-bond donors (Lipinski definition) is 0. The van der Waals surface area contributed by atoms with Crippen molar-refractivity contribution in [2.45, 2.75) is 83.1 Å². The van der Waals surface area contributed by atoms with Crippen LogP contribution in [0.25, 0.3) is 22.3 Å². The van der Waals surface area contributed by atoms with E-state index in [4.69, 9.17) is 14.7 Å². The van der Waals surface area contributed by atoms with Crippen LogP contribution in [0.4, 0.5) is 18.4 Å². The van der Waals surface area contributed by atoms with Crippen molar-refractivity contribution in [3.63, 3.8) is 0 Å². The van der Waals surface area contributed by atoms with Gasteiger partial charge in [0.15, 0.2) is 0 Å². The van der Waals surface area contributed by atoms with E-state index in [-0.39, 0.29) is 35.9 Å². The molecular weight excluding hydrogens is 831 g/mol. The number of benzene rings is 6. The first-order valence-corrected chi connectivity index (χ1v) is 22.4. The lowest BCUT2D eigenvalue weighted by molar-refractivity contribution is -0.0771. The van der Waals surface area contributed by atoms with Gasteiger partial charge in [-0.25, -0.2) is 18.4 Å². The third-order valence-electron chi connectivity index (χ3n) is 12.9. The molecule has 4 atom stereocenters. The van der Waals surface area contributed by atoms with Gasteiger partial charge in [-0.3, -0.25) is 0 Å². The zero-order chi connectivity index (χ0) is 46.9. The van der Waals surface area contributed by atoms with Gasteiger partial charge in [0.1, 0.15) is 22.8 Å². The Bertz CT molecular complexity index is 2670. The molecule has 0 aliphatic carbocycles. The van der Waals surface area contributed by atoms with Crippen LogP contribution in [-0.2, 0) is 20.7 Å². The number of hydrogen-bond acceptors (Lipinski definition) is 6. The molecular formula is C56H54F2N4O4. The maximum atomic E-state index is 13.3. The first kappa shape index (κ1) is 46.7. The summed E-state index contributed by atoms with van der Waals surface area (Å²) in [6.07, 6.45) is 1.72. The van der Waals surface area contributed by atoms with Crippen LogP contribution < -0.4 is 0 Å². The number of cyclic esters (lactones) is 2. The molecule has 0 saturated carbocycles. The van der Waals surface area contributed by atoms with Crippen LogP contribution in [0.15, 0.2) is 158 Å². The fourth-order valence-corrected chi connectivity index (χ4v) is 9.04. The van der Waals surface area contributed by atoms with Crippen molar-refractivity contribution in [3.8, 4) is 34.4 Å². The Kier molecular flexibility index (Phi) is 14.3. The Morgan fingerprint density at radius 2 is 0.939 bits per heavy atom. The number of halogens is 2. The molecule has 2 amide bonds. The zero-order valence-corrected chi connectivity index (χ0v) is 37.8. The summed E-state index contributed by atoms with van der Waals surface area (Å²) in [7, 11) is 0. The van der Waals surface area contributed by atoms with E-state index >= 15 is 0 Å². The van der Waals surface area contributed by atoms with Crippen molar-refractivity contribution in [1.82, 2.24) is 9.80 Å². The normalized spacial score (nSPS) is 19.2. The lowest BCUT2D eigenvalue weighted by Gasteiger charge is -2.45. The van der Waals surface area contributed by atoms with Crippen LogP contribution in [0.3, 0.4) is 0 Å². The number of ether oxygens (including phenoxy) is 2. The molecule has 66 heavy (non-hydrogen) atoms. The van der Waals surface area contributed by atoms with E-state index in [2.05, 4.69) is 12.1 Å². The molecule has 6 aromatic rings. The van der Waals surface area contributed by atoms with E-state index in [1.165, 1.54) is 24.3 Å². The van der Waals surface area contributed by atoms with Gasteiger partial charge in [0, 0.05) is 45.2 Å². The standard InChI is InChI=1S/C29H29FN2O2.C27H25FN2O2/c1-21(22-9-11-23(12-10-22)24-13-15-26(30)16-14-24)32-18-17-29(34-27(32)33,19-28(2,3)20-31)25-7-5-4-6-8-25;1-20(21-8-10-22(11-9-21)23-12-14-25(28)15-13-23)30-19-17-27(16-5-18-29,32-26(30)31)24-6-3-2-4-7-24/h4-16,21H,17-19H2,1-3H3;2-4,6-15,20H,5,16-17,19H2,1H3/t21-,29-;20-,27+/m00/s1. The fraction of sp³-hybridized carbons (Fsp3) is 0.286. The lowest BCUT2D eigenvalue weighted by atomic mass is 9.75. The summed E-state index contributed by atoms with van der Waals surface area (Å²) in [4.78, 5) is 29.8. The predicted octanol–water partition coefficient (Wildman–Crippen LogP) is 13.8. The Balaban J connectivity index is 0.000000197. The van der Waals surface area contributed by atoms with Crippen LogP contribution in [0, 0.1) is 39.7 Å². The minimum atomic E-state index is -0.833. The summed E-state index contributed by atoms with van der Waals surface area (Å²) >= 11 is 0. The minimum Gasteiger partial charge on any atom is -0.438 e. The molecule has 10 heteroatoms. The summed E-state index contributed by atoms with van der Waals surface area (Å²) in [5.41, 5.74) is 5.45. The van der Waals surface area contributed by atoms with Gasteiger partial charge in [-0.15, -0.1) is 0 Å². The molecule has 8 nitrogen and oxygen atoms in total. The maximum absolute atomic E-state index is 13.3. The van der Waals surface area contributed by atoms with E-state index in [1.807, 2.05) is 137 Å². The highest BCUT2D eigenvalue weighted by molar-refractivity contribution is 5.71. The predicted molar refractivity (Wildman–Crippen MR) is 251 cm³/mol. The molecule has 8 rings (SSSR count). The third-order valence-corrected chi connectivity index (χ3v) is 12.9. The highest BCUT2D eigenvalue weighted by Crippen LogP contribution is 2.45. The molecule has 0 unspecified atom stereocenters. The lowest BCUT2D eigenvalue weighted by Crippen LogP contribution is -2.50. The first-order chi connectivity index (χ1) is 31.7. The monoisotopic (exact) mass is 884 g/mol. The van der Waals surface area contributed by atoms with Crippen LogP contribution in [-0.4, -0.2) is 35.1 Å². The third kappa shape index (κ3) is 10.6. The maximum Gasteiger partial charge on any atom is 0.411 e. The number of carbonyl (C=O) groups excluding carboxylic acids is 2. The van der Waals surface area contributed by atoms with Crippen LogP contribution in [0.2, 0.25) is 0 Å². The second-order valence-electron chi connectivity index (χ2n) is 17.8. The SMILES string of the molecule is C[C@@H](c1ccc(-c2ccc(F)cc2)cc1)N1CC[C@](CC(C)(C)C#N)(c2ccccc2)OC1=O.C[C@@H](c1ccc(-c2ccc(F)cc2)cc1)N1CC[C@](CCC#N)(c2ccccc2)OC1=O. The molecule has 0 radical (unpaired) electrons. The van der Waals surface area contributed by atoms with Gasteiger partial charge in [-0.1, -0.05) is 133 Å². The van der Waals surface area contributed by atoms with Gasteiger partial charge in [0.05, 0.1) is 29.6 Å². The molecule has 2 fully saturated rings. The highest BCUT2D eigenvalue weighted by Gasteiger charge is 2.47. The van der Waals surface area contributed by atoms with E-state index in [9.17, 15) is 23.6 Å². The Morgan fingerprint density at radius 3 is 1.32 bits per heavy atom. The van der Waals surface area contributed by atoms with Crippen LogP contribution in [0.1, 0.15) is 94.1 Å². The summed E-state index contributed by atoms with van der Waals surface area (Å²) in [6, 6.07) is 52.3. The zero-order valence-electron chi connectivity index (χ0n) is 37.8. The van der Waals surface area contributed by atoms with Crippen molar-refractivity contribution in [3.05, 3.63) is 192 Å². The van der Waals surface area contributed by atoms with E-state index in [0.29, 0.717) is 45.2 Å². The van der Waals surface area contributed by atoms with Crippen LogP contribution >= 0.6 is 0 Å². The molecule has 2 aliphatic heterocycles. The minimum absolute atomic E-state index is 0.158. The van der Waals surface area contributed by atoms with Crippen molar-refractivity contribution < 1.29 is 27.8 Å². The second kappa shape index (κ2) is 20.3. The second-order valence-corrected chi connectivity index (χ2v) is 17.8. The van der Waals surface area contributed by atoms with Crippen molar-refractivity contribution in [2.24, 2.45) is 5.41 Å². The number of nitriles is 2. The molecule has 0 N–H and O–H groups in total. The van der Waals surface area contributed by atoms with E-state index in [1.54, 1.807) is 34.1 Å². The van der Waals surface area contributed by atoms with Crippen molar-refractivity contribution in [2.75, 3.05) is 13.1 Å². The molecule has 2 heterocycles. The van der Waals surface area contributed by atoms with E-state index in [0.717, 1.165) is 44.5 Å². The van der Waals surface area contributed by atoms with Gasteiger partial charge in [0.25, 0.3) is 0 Å². The number of amides is 2. The average Bonchev–Trinajstić information content (AvgIpc) is 3.34. The van der Waals surface area contributed by atoms with Gasteiger partial charge >= 0.3 is 12.2 Å². The summed E-state index contributed by atoms with van der Waals surface area (Å²) in [6.45, 7) is 8.80. The quantitative estimate of drug-likeness (QED) is 0.121. The first-order valence-electron chi connectivity index (χ1n) is 22.4. The van der Waals surface area contributed by atoms with Gasteiger partial charge < -0.3 is 19.3 Å². The molecule has 0 aromatic heterocycles. The molecule has 2 saturated heterocycles. The largest absolute Gasteiger partial charge is 0.438 e. The van der Waals surface area contributed by atoms with E-state index < -0.39 is 16.6 Å². The fourth-order valence-electron chi connectivity index (χ4n) is 9.04. The topological polar surface area (TPSA) is 107 Å². The van der Waals surface area contributed by atoms with Crippen molar-refractivity contribution in [1.29, 1.82) is 10.5 Å². The number of nitrogens with zero attached hydrogens (tertiary/aromatic N) is 4. The van der Waals surface area contributed by atoms with Gasteiger partial charge in [-0.05, 0) is 96.5 Å². The number of rotatable bonds is 12. The average molecular weight is 885 g/mol. The van der Waals surface area contributed by atoms with Crippen molar-refractivity contribution >= 4 is 12.2 Å². The highest BCUT2D eigenvalue weighted by atomic mass is 19.1. The Morgan fingerprint density at radius 1 is 0.576 bits per heavy atom. The summed E-state index contributed by atoms with van der Waals surface area (Å²) in [5, 5.41) is 18.8. The Labute approximate surface area is 386 Å². The Hall–Kier alpha value is -7.30. The molecule has 0 spiro atoms. The summed E-state index contributed by atoms with van der Waals surface area (Å²) in [5.74, 6) is -0.522. The van der Waals surface area contributed by atoms with Gasteiger partial charge in [-0.2, -0.15) is 10.5 Å². The summed E-state index contributed by atoms with van der Waals surface area (Å²) < 4.78 is 38.6. The van der Waals surface area contributed by atoms with Gasteiger partial charge in [0.2, 0.25) is 0 Å². The van der Waals surface area contributed by atoms with Crippen LogP contribution in [0.5, 0.6) is 0 Å². The smallest absolute Gasteiger partial charge is 0.411 e. The molecule has 6 aromatic carbocycles.